The molecule has 1 atom stereocenters. The highest BCUT2D eigenvalue weighted by molar-refractivity contribution is 5.88. The van der Waals surface area contributed by atoms with Gasteiger partial charge < -0.3 is 14.2 Å². The van der Waals surface area contributed by atoms with Crippen LogP contribution < -0.4 is 0 Å². The predicted molar refractivity (Wildman–Crippen MR) is 111 cm³/mol. The van der Waals surface area contributed by atoms with Crippen molar-refractivity contribution in [2.45, 2.75) is 32.3 Å². The van der Waals surface area contributed by atoms with Gasteiger partial charge in [-0.25, -0.2) is 0 Å². The Morgan fingerprint density at radius 1 is 1.00 bits per heavy atom. The van der Waals surface area contributed by atoms with Crippen molar-refractivity contribution in [1.82, 2.24) is 0 Å². The fourth-order valence-electron chi connectivity index (χ4n) is 3.37. The lowest BCUT2D eigenvalue weighted by Gasteiger charge is -2.17. The zero-order chi connectivity index (χ0) is 19.4. The van der Waals surface area contributed by atoms with Crippen LogP contribution in [0.4, 0.5) is 0 Å². The molecular weight excluding hydrogens is 348 g/mol. The Labute approximate surface area is 166 Å². The number of rotatable bonds is 4. The molecule has 0 radical (unpaired) electrons. The first-order chi connectivity index (χ1) is 13.6. The first-order valence-corrected chi connectivity index (χ1v) is 9.57. The van der Waals surface area contributed by atoms with Crippen molar-refractivity contribution >= 4 is 10.8 Å². The van der Waals surface area contributed by atoms with Gasteiger partial charge in [-0.15, -0.1) is 0 Å². The fraction of sp³-hybridized carbons (Fsp3) is 0.280. The van der Waals surface area contributed by atoms with E-state index in [1.807, 2.05) is 44.2 Å². The quantitative estimate of drug-likeness (QED) is 0.609. The molecule has 1 fully saturated rings. The third-order valence-corrected chi connectivity index (χ3v) is 4.70. The maximum atomic E-state index is 5.82. The number of hydrogen-bond donors (Lipinski definition) is 0. The smallest absolute Gasteiger partial charge is 0.163 e. The summed E-state index contributed by atoms with van der Waals surface area (Å²) in [5.41, 5.74) is 3.12. The van der Waals surface area contributed by atoms with Gasteiger partial charge >= 0.3 is 0 Å². The summed E-state index contributed by atoms with van der Waals surface area (Å²) in [6.45, 7) is 5.47. The van der Waals surface area contributed by atoms with Crippen LogP contribution in [0.2, 0.25) is 0 Å². The number of fused-ring (bicyclic) bond motifs is 1. The van der Waals surface area contributed by atoms with Crippen LogP contribution in [0.5, 0.6) is 0 Å². The molecule has 1 saturated heterocycles. The molecule has 1 aliphatic heterocycles. The van der Waals surface area contributed by atoms with E-state index in [0.717, 1.165) is 16.7 Å². The number of hydrogen-bond acceptors (Lipinski definition) is 3. The Bertz CT molecular complexity index is 1020. The van der Waals surface area contributed by atoms with E-state index in [1.54, 1.807) is 0 Å². The van der Waals surface area contributed by atoms with E-state index in [2.05, 4.69) is 48.2 Å². The summed E-state index contributed by atoms with van der Waals surface area (Å²) in [6.07, 6.45) is -0.00987. The van der Waals surface area contributed by atoms with E-state index in [-0.39, 0.29) is 6.10 Å². The van der Waals surface area contributed by atoms with Crippen LogP contribution in [0, 0.1) is 11.8 Å². The van der Waals surface area contributed by atoms with Crippen LogP contribution in [0.25, 0.3) is 10.8 Å². The standard InChI is InChI=1S/C25H24O3/c1-25(2)27-18-23(28-25)17-26-16-20-8-5-7-19(15-20)13-14-22-11-6-10-21-9-3-4-12-24(21)22/h3-12,15,23H,16-18H2,1-2H3/t23-/m0/s1. The Kier molecular flexibility index (Phi) is 5.45. The van der Waals surface area contributed by atoms with Crippen molar-refractivity contribution in [3.63, 3.8) is 0 Å². The van der Waals surface area contributed by atoms with Gasteiger partial charge in [0.1, 0.15) is 6.10 Å². The Morgan fingerprint density at radius 2 is 1.82 bits per heavy atom. The van der Waals surface area contributed by atoms with Crippen LogP contribution in [0.1, 0.15) is 30.5 Å². The molecule has 0 spiro atoms. The average Bonchev–Trinajstić information content (AvgIpc) is 3.05. The van der Waals surface area contributed by atoms with E-state index >= 15 is 0 Å². The fourth-order valence-corrected chi connectivity index (χ4v) is 3.37. The summed E-state index contributed by atoms with van der Waals surface area (Å²) in [6, 6.07) is 22.7. The zero-order valence-electron chi connectivity index (χ0n) is 16.3. The zero-order valence-corrected chi connectivity index (χ0v) is 16.3. The maximum Gasteiger partial charge on any atom is 0.163 e. The molecule has 0 N–H and O–H groups in total. The molecular formula is C25H24O3. The normalized spacial score (nSPS) is 18.0. The van der Waals surface area contributed by atoms with Crippen LogP contribution in [0.3, 0.4) is 0 Å². The average molecular weight is 372 g/mol. The highest BCUT2D eigenvalue weighted by Crippen LogP contribution is 2.22. The Hall–Kier alpha value is -2.64. The summed E-state index contributed by atoms with van der Waals surface area (Å²) in [4.78, 5) is 0. The maximum absolute atomic E-state index is 5.82. The highest BCUT2D eigenvalue weighted by Gasteiger charge is 2.32. The summed E-state index contributed by atoms with van der Waals surface area (Å²) in [5, 5.41) is 2.39. The number of benzene rings is 3. The Balaban J connectivity index is 1.41. The van der Waals surface area contributed by atoms with E-state index in [4.69, 9.17) is 14.2 Å². The van der Waals surface area contributed by atoms with Gasteiger partial charge in [0.25, 0.3) is 0 Å². The molecule has 3 aromatic carbocycles. The molecule has 4 rings (SSSR count). The van der Waals surface area contributed by atoms with E-state index in [0.29, 0.717) is 19.8 Å². The topological polar surface area (TPSA) is 27.7 Å². The minimum Gasteiger partial charge on any atom is -0.374 e. The van der Waals surface area contributed by atoms with Gasteiger partial charge in [0.15, 0.2) is 5.79 Å². The van der Waals surface area contributed by atoms with Crippen molar-refractivity contribution in [1.29, 1.82) is 0 Å². The minimum atomic E-state index is -0.509. The summed E-state index contributed by atoms with van der Waals surface area (Å²) < 4.78 is 17.1. The molecule has 3 nitrogen and oxygen atoms in total. The predicted octanol–water partition coefficient (Wildman–Crippen LogP) is 4.91. The van der Waals surface area contributed by atoms with Crippen molar-refractivity contribution in [2.24, 2.45) is 0 Å². The molecule has 28 heavy (non-hydrogen) atoms. The summed E-state index contributed by atoms with van der Waals surface area (Å²) in [5.74, 6) is 6.09. The molecule has 0 aliphatic carbocycles. The Morgan fingerprint density at radius 3 is 2.68 bits per heavy atom. The summed E-state index contributed by atoms with van der Waals surface area (Å²) >= 11 is 0. The van der Waals surface area contributed by atoms with E-state index < -0.39 is 5.79 Å². The molecule has 0 aromatic heterocycles. The van der Waals surface area contributed by atoms with Crippen LogP contribution in [-0.2, 0) is 20.8 Å². The van der Waals surface area contributed by atoms with Gasteiger partial charge in [-0.05, 0) is 48.4 Å². The second kappa shape index (κ2) is 8.16. The molecule has 1 heterocycles. The lowest BCUT2D eigenvalue weighted by atomic mass is 10.0. The van der Waals surface area contributed by atoms with E-state index in [9.17, 15) is 0 Å². The van der Waals surface area contributed by atoms with Gasteiger partial charge in [-0.3, -0.25) is 0 Å². The SMILES string of the molecule is CC1(C)OC[C@H](COCc2cccc(C#Cc3cccc4ccccc34)c2)O1. The molecule has 3 aromatic rings. The second-order valence-electron chi connectivity index (χ2n) is 7.44. The largest absolute Gasteiger partial charge is 0.374 e. The summed E-state index contributed by atoms with van der Waals surface area (Å²) in [7, 11) is 0. The minimum absolute atomic E-state index is 0.00987. The molecule has 0 amide bonds. The second-order valence-corrected chi connectivity index (χ2v) is 7.44. The van der Waals surface area contributed by atoms with Crippen molar-refractivity contribution < 1.29 is 14.2 Å². The first-order valence-electron chi connectivity index (χ1n) is 9.57. The van der Waals surface area contributed by atoms with Gasteiger partial charge in [-0.1, -0.05) is 60.4 Å². The van der Waals surface area contributed by atoms with Gasteiger partial charge in [0, 0.05) is 11.1 Å². The first kappa shape index (κ1) is 18.7. The monoisotopic (exact) mass is 372 g/mol. The number of ether oxygens (including phenoxy) is 3. The van der Waals surface area contributed by atoms with Gasteiger partial charge in [-0.2, -0.15) is 0 Å². The molecule has 3 heteroatoms. The van der Waals surface area contributed by atoms with Gasteiger partial charge in [0.05, 0.1) is 19.8 Å². The van der Waals surface area contributed by atoms with Crippen LogP contribution in [-0.4, -0.2) is 25.1 Å². The molecule has 142 valence electrons. The van der Waals surface area contributed by atoms with Crippen LogP contribution >= 0.6 is 0 Å². The highest BCUT2D eigenvalue weighted by atomic mass is 16.7. The van der Waals surface area contributed by atoms with Crippen molar-refractivity contribution in [2.75, 3.05) is 13.2 Å². The van der Waals surface area contributed by atoms with Crippen molar-refractivity contribution in [3.8, 4) is 11.8 Å². The van der Waals surface area contributed by atoms with Crippen molar-refractivity contribution in [3.05, 3.63) is 83.4 Å². The molecule has 0 saturated carbocycles. The lowest BCUT2D eigenvalue weighted by Crippen LogP contribution is -2.24. The van der Waals surface area contributed by atoms with E-state index in [1.165, 1.54) is 10.8 Å². The van der Waals surface area contributed by atoms with Crippen LogP contribution in [0.15, 0.2) is 66.7 Å². The lowest BCUT2D eigenvalue weighted by molar-refractivity contribution is -0.145. The third-order valence-electron chi connectivity index (χ3n) is 4.70. The molecule has 0 bridgehead atoms. The molecule has 0 unspecified atom stereocenters. The third kappa shape index (κ3) is 4.61. The molecule has 1 aliphatic rings. The van der Waals surface area contributed by atoms with Gasteiger partial charge in [0.2, 0.25) is 0 Å².